The zero-order valence-electron chi connectivity index (χ0n) is 11.4. The lowest BCUT2D eigenvalue weighted by Crippen LogP contribution is -2.48. The molecule has 0 aromatic heterocycles. The molecule has 4 radical (unpaired) electrons. The minimum Gasteiger partial charge on any atom is -0.391 e. The molecular weight excluding hydrogens is 220 g/mol. The topological polar surface area (TPSA) is 12.5 Å². The van der Waals surface area contributed by atoms with Gasteiger partial charge in [0.25, 0.3) is 0 Å². The van der Waals surface area contributed by atoms with Gasteiger partial charge in [0.1, 0.15) is 15.7 Å². The van der Waals surface area contributed by atoms with Crippen LogP contribution in [0.2, 0.25) is 0 Å². The van der Waals surface area contributed by atoms with Gasteiger partial charge in [-0.15, -0.1) is 0 Å². The normalized spacial score (nSPS) is 25.2. The molecule has 1 saturated heterocycles. The average molecular weight is 239 g/mol. The van der Waals surface area contributed by atoms with E-state index in [0.717, 1.165) is 5.69 Å². The number of benzene rings is 1. The van der Waals surface area contributed by atoms with E-state index in [1.54, 1.807) is 0 Å². The molecule has 2 atom stereocenters. The summed E-state index contributed by atoms with van der Waals surface area (Å²) in [6.45, 7) is 8.00. The molecule has 1 aliphatic rings. The van der Waals surface area contributed by atoms with Crippen molar-refractivity contribution in [2.75, 3.05) is 18.0 Å². The molecule has 2 rings (SSSR count). The van der Waals surface area contributed by atoms with Crippen LogP contribution >= 0.6 is 0 Å². The Morgan fingerprint density at radius 1 is 1.06 bits per heavy atom. The summed E-state index contributed by atoms with van der Waals surface area (Å²) in [5, 5.41) is 0. The molecule has 4 heteroatoms. The van der Waals surface area contributed by atoms with E-state index < -0.39 is 0 Å². The molecule has 92 valence electrons. The molecule has 0 aliphatic carbocycles. The minimum absolute atomic E-state index is 0.177. The zero-order chi connectivity index (χ0) is 13.3. The summed E-state index contributed by atoms with van der Waals surface area (Å²) in [6.07, 6.45) is 0. The first-order valence-corrected chi connectivity index (χ1v) is 6.38. The number of hydrogen-bond donors (Lipinski definition) is 0. The van der Waals surface area contributed by atoms with E-state index in [4.69, 9.17) is 20.4 Å². The van der Waals surface area contributed by atoms with Gasteiger partial charge in [0.05, 0.1) is 0 Å². The highest BCUT2D eigenvalue weighted by Crippen LogP contribution is 2.26. The first-order chi connectivity index (χ1) is 8.36. The second kappa shape index (κ2) is 5.00. The molecule has 1 heterocycles. The van der Waals surface area contributed by atoms with Crippen LogP contribution in [0.3, 0.4) is 0 Å². The molecule has 1 aliphatic heterocycles. The number of rotatable bonds is 1. The summed E-state index contributed by atoms with van der Waals surface area (Å²) in [5.41, 5.74) is 2.65. The molecule has 1 aromatic carbocycles. The van der Waals surface area contributed by atoms with Crippen molar-refractivity contribution in [1.29, 1.82) is 0 Å². The quantitative estimate of drug-likeness (QED) is 0.693. The van der Waals surface area contributed by atoms with Gasteiger partial charge in [-0.25, -0.2) is 0 Å². The van der Waals surface area contributed by atoms with E-state index in [1.807, 2.05) is 0 Å². The lowest BCUT2D eigenvalue weighted by atomic mass is 9.86. The van der Waals surface area contributed by atoms with Gasteiger partial charge in [-0.3, -0.25) is 0 Å². The molecule has 18 heavy (non-hydrogen) atoms. The average Bonchev–Trinajstić information content (AvgIpc) is 2.27. The maximum absolute atomic E-state index is 5.81. The van der Waals surface area contributed by atoms with Crippen LogP contribution in [0.15, 0.2) is 24.3 Å². The van der Waals surface area contributed by atoms with Crippen LogP contribution in [-0.2, 0) is 10.2 Å². The van der Waals surface area contributed by atoms with E-state index in [9.17, 15) is 0 Å². The van der Waals surface area contributed by atoms with Gasteiger partial charge < -0.3 is 9.64 Å². The monoisotopic (exact) mass is 239 g/mol. The Balaban J connectivity index is 2.14. The summed E-state index contributed by atoms with van der Waals surface area (Å²) in [7, 11) is 11.6. The molecule has 0 bridgehead atoms. The third-order valence-corrected chi connectivity index (χ3v) is 3.25. The Morgan fingerprint density at radius 2 is 1.56 bits per heavy atom. The minimum atomic E-state index is -0.309. The van der Waals surface area contributed by atoms with Crippen molar-refractivity contribution >= 4 is 21.4 Å². The molecule has 0 spiro atoms. The fourth-order valence-corrected chi connectivity index (χ4v) is 2.20. The first-order valence-electron chi connectivity index (χ1n) is 6.38. The number of nitrogens with zero attached hydrogens (tertiary/aromatic N) is 1. The predicted molar refractivity (Wildman–Crippen MR) is 77.5 cm³/mol. The Morgan fingerprint density at radius 3 is 2.00 bits per heavy atom. The Kier molecular flexibility index (Phi) is 3.76. The maximum Gasteiger partial charge on any atom is 0.111 e. The lowest BCUT2D eigenvalue weighted by Gasteiger charge is -2.37. The van der Waals surface area contributed by atoms with Gasteiger partial charge in [0.2, 0.25) is 0 Å². The Bertz CT molecular complexity index is 389. The first kappa shape index (κ1) is 13.5. The summed E-state index contributed by atoms with van der Waals surface area (Å²) < 4.78 is 5.33. The third kappa shape index (κ3) is 3.11. The van der Waals surface area contributed by atoms with E-state index in [1.165, 1.54) is 5.56 Å². The summed E-state index contributed by atoms with van der Waals surface area (Å²) in [5.74, 6) is 0. The van der Waals surface area contributed by atoms with Crippen LogP contribution in [0.25, 0.3) is 0 Å². The van der Waals surface area contributed by atoms with E-state index >= 15 is 0 Å². The molecule has 1 fully saturated rings. The van der Waals surface area contributed by atoms with Gasteiger partial charge in [-0.2, -0.15) is 0 Å². The van der Waals surface area contributed by atoms with E-state index in [0.29, 0.717) is 13.1 Å². The Labute approximate surface area is 113 Å². The summed E-state index contributed by atoms with van der Waals surface area (Å²) >= 11 is 0. The zero-order valence-corrected chi connectivity index (χ0v) is 11.4. The van der Waals surface area contributed by atoms with Crippen molar-refractivity contribution in [3.05, 3.63) is 29.8 Å². The van der Waals surface area contributed by atoms with Crippen molar-refractivity contribution in [2.45, 2.75) is 38.2 Å². The fraction of sp³-hybridized carbons (Fsp3) is 0.571. The van der Waals surface area contributed by atoms with Crippen molar-refractivity contribution < 1.29 is 4.74 Å². The number of anilines is 1. The van der Waals surface area contributed by atoms with Gasteiger partial charge >= 0.3 is 0 Å². The van der Waals surface area contributed by atoms with Crippen LogP contribution in [0.4, 0.5) is 5.69 Å². The Hall–Kier alpha value is -0.890. The molecule has 0 amide bonds. The van der Waals surface area contributed by atoms with E-state index in [2.05, 4.69) is 49.9 Å². The summed E-state index contributed by atoms with van der Waals surface area (Å²) in [4.78, 5) is 2.17. The largest absolute Gasteiger partial charge is 0.391 e. The number of hydrogen-bond acceptors (Lipinski definition) is 2. The number of morpholine rings is 1. The van der Waals surface area contributed by atoms with Gasteiger partial charge in [0, 0.05) is 30.8 Å². The fourth-order valence-electron chi connectivity index (χ4n) is 2.20. The highest BCUT2D eigenvalue weighted by atomic mass is 16.5. The van der Waals surface area contributed by atoms with Crippen LogP contribution in [-0.4, -0.2) is 40.8 Å². The van der Waals surface area contributed by atoms with Gasteiger partial charge in [-0.05, 0) is 23.1 Å². The van der Waals surface area contributed by atoms with Gasteiger partial charge in [0.15, 0.2) is 0 Å². The van der Waals surface area contributed by atoms with Crippen molar-refractivity contribution in [2.24, 2.45) is 0 Å². The number of ether oxygens (including phenoxy) is 1. The van der Waals surface area contributed by atoms with Gasteiger partial charge in [-0.1, -0.05) is 32.9 Å². The predicted octanol–water partition coefficient (Wildman–Crippen LogP) is 1.81. The van der Waals surface area contributed by atoms with Crippen LogP contribution in [0, 0.1) is 0 Å². The van der Waals surface area contributed by atoms with Crippen LogP contribution < -0.4 is 4.90 Å². The molecule has 0 N–H and O–H groups in total. The molecule has 2 nitrogen and oxygen atoms in total. The second-order valence-electron chi connectivity index (χ2n) is 5.91. The smallest absolute Gasteiger partial charge is 0.111 e. The van der Waals surface area contributed by atoms with E-state index in [-0.39, 0.29) is 17.4 Å². The standard InChI is InChI=1S/C14H19B2NO/c1-14(2,3)10-4-6-11(7-5-10)17-8-12(15)18-13(16)9-17/h4-7,12-13H,8-9H2,1-3H3. The molecule has 1 aromatic rings. The second-order valence-corrected chi connectivity index (χ2v) is 5.91. The maximum atomic E-state index is 5.81. The molecule has 2 unspecified atom stereocenters. The van der Waals surface area contributed by atoms with Crippen molar-refractivity contribution in [1.82, 2.24) is 0 Å². The van der Waals surface area contributed by atoms with Crippen LogP contribution in [0.5, 0.6) is 0 Å². The van der Waals surface area contributed by atoms with Crippen LogP contribution in [0.1, 0.15) is 26.3 Å². The molecular formula is C14H19B2NO. The SMILES string of the molecule is [B]C1CN(c2ccc(C(C)(C)C)cc2)CC([B])O1. The lowest BCUT2D eigenvalue weighted by molar-refractivity contribution is 0.0651. The highest BCUT2D eigenvalue weighted by molar-refractivity contribution is 6.14. The molecule has 0 saturated carbocycles. The van der Waals surface area contributed by atoms with Crippen molar-refractivity contribution in [3.63, 3.8) is 0 Å². The highest BCUT2D eigenvalue weighted by Gasteiger charge is 2.22. The summed E-state index contributed by atoms with van der Waals surface area (Å²) in [6, 6.07) is 7.98. The van der Waals surface area contributed by atoms with Crippen molar-refractivity contribution in [3.8, 4) is 0 Å². The third-order valence-electron chi connectivity index (χ3n) is 3.25.